The smallest absolute Gasteiger partial charge is 0.303 e. The quantitative estimate of drug-likeness (QED) is 0.772. The van der Waals surface area contributed by atoms with E-state index in [-0.39, 0.29) is 18.7 Å². The van der Waals surface area contributed by atoms with Crippen LogP contribution in [0.3, 0.4) is 0 Å². The highest BCUT2D eigenvalue weighted by atomic mass is 16.5. The number of rotatable bonds is 8. The van der Waals surface area contributed by atoms with Crippen molar-refractivity contribution in [1.29, 1.82) is 0 Å². The topological polar surface area (TPSA) is 75.6 Å². The van der Waals surface area contributed by atoms with Crippen molar-refractivity contribution in [3.63, 3.8) is 0 Å². The van der Waals surface area contributed by atoms with Crippen LogP contribution in [-0.4, -0.2) is 30.7 Å². The molecule has 0 fully saturated rings. The summed E-state index contributed by atoms with van der Waals surface area (Å²) in [7, 11) is 1.63. The van der Waals surface area contributed by atoms with E-state index in [0.29, 0.717) is 13.0 Å². The van der Waals surface area contributed by atoms with Crippen LogP contribution in [0, 0.1) is 5.41 Å². The van der Waals surface area contributed by atoms with Gasteiger partial charge in [-0.3, -0.25) is 9.59 Å². The molecule has 0 aliphatic carbocycles. The maximum absolute atomic E-state index is 12.1. The van der Waals surface area contributed by atoms with Gasteiger partial charge in [0, 0.05) is 19.2 Å². The van der Waals surface area contributed by atoms with Gasteiger partial charge in [0.15, 0.2) is 0 Å². The molecule has 1 rings (SSSR count). The number of aliphatic carboxylic acids is 1. The van der Waals surface area contributed by atoms with Gasteiger partial charge in [0.05, 0.1) is 13.0 Å². The third-order valence-corrected chi connectivity index (χ3v) is 3.14. The molecule has 5 heteroatoms. The van der Waals surface area contributed by atoms with Crippen molar-refractivity contribution in [2.45, 2.75) is 33.1 Å². The van der Waals surface area contributed by atoms with Crippen LogP contribution in [0.25, 0.3) is 0 Å². The minimum Gasteiger partial charge on any atom is -0.481 e. The molecule has 0 aromatic heterocycles. The molecule has 0 saturated carbocycles. The highest BCUT2D eigenvalue weighted by molar-refractivity contribution is 5.92. The van der Waals surface area contributed by atoms with Gasteiger partial charge in [0.1, 0.15) is 0 Å². The second-order valence-electron chi connectivity index (χ2n) is 5.86. The summed E-state index contributed by atoms with van der Waals surface area (Å²) >= 11 is 0. The first kappa shape index (κ1) is 17.2. The molecule has 0 aliphatic heterocycles. The SMILES string of the molecule is COCCc1ccccc1NC(=O)CC(C)(C)CC(=O)O. The molecule has 0 radical (unpaired) electrons. The highest BCUT2D eigenvalue weighted by Gasteiger charge is 2.25. The molecule has 116 valence electrons. The summed E-state index contributed by atoms with van der Waals surface area (Å²) in [5.41, 5.74) is 1.19. The second kappa shape index (κ2) is 7.78. The Hall–Kier alpha value is -1.88. The van der Waals surface area contributed by atoms with E-state index in [4.69, 9.17) is 9.84 Å². The number of ether oxygens (including phenoxy) is 1. The maximum atomic E-state index is 12.1. The van der Waals surface area contributed by atoms with E-state index in [1.807, 2.05) is 24.3 Å². The number of anilines is 1. The third kappa shape index (κ3) is 6.40. The van der Waals surface area contributed by atoms with Crippen LogP contribution in [0.2, 0.25) is 0 Å². The van der Waals surface area contributed by atoms with Crippen LogP contribution in [0.1, 0.15) is 32.3 Å². The van der Waals surface area contributed by atoms with Gasteiger partial charge < -0.3 is 15.2 Å². The lowest BCUT2D eigenvalue weighted by Crippen LogP contribution is -2.25. The molecule has 0 unspecified atom stereocenters. The highest BCUT2D eigenvalue weighted by Crippen LogP contribution is 2.26. The lowest BCUT2D eigenvalue weighted by atomic mass is 9.85. The van der Waals surface area contributed by atoms with Gasteiger partial charge in [0.2, 0.25) is 5.91 Å². The van der Waals surface area contributed by atoms with Gasteiger partial charge in [-0.25, -0.2) is 0 Å². The monoisotopic (exact) mass is 293 g/mol. The van der Waals surface area contributed by atoms with Crippen molar-refractivity contribution in [2.24, 2.45) is 5.41 Å². The number of para-hydroxylation sites is 1. The van der Waals surface area contributed by atoms with Crippen molar-refractivity contribution in [3.05, 3.63) is 29.8 Å². The Kier molecular flexibility index (Phi) is 6.37. The molecule has 0 heterocycles. The Morgan fingerprint density at radius 2 is 1.90 bits per heavy atom. The molecule has 0 bridgehead atoms. The third-order valence-electron chi connectivity index (χ3n) is 3.14. The van der Waals surface area contributed by atoms with Gasteiger partial charge in [-0.05, 0) is 23.5 Å². The number of methoxy groups -OCH3 is 1. The van der Waals surface area contributed by atoms with E-state index in [0.717, 1.165) is 11.3 Å². The van der Waals surface area contributed by atoms with Crippen LogP contribution >= 0.6 is 0 Å². The normalized spacial score (nSPS) is 11.2. The van der Waals surface area contributed by atoms with Crippen molar-refractivity contribution in [2.75, 3.05) is 19.0 Å². The van der Waals surface area contributed by atoms with Crippen LogP contribution in [0.5, 0.6) is 0 Å². The number of hydrogen-bond donors (Lipinski definition) is 2. The van der Waals surface area contributed by atoms with Gasteiger partial charge in [0.25, 0.3) is 0 Å². The molecular formula is C16H23NO4. The van der Waals surface area contributed by atoms with Gasteiger partial charge >= 0.3 is 5.97 Å². The summed E-state index contributed by atoms with van der Waals surface area (Å²) in [5, 5.41) is 11.7. The second-order valence-corrected chi connectivity index (χ2v) is 5.86. The van der Waals surface area contributed by atoms with Crippen LogP contribution in [-0.2, 0) is 20.7 Å². The Morgan fingerprint density at radius 1 is 1.24 bits per heavy atom. The van der Waals surface area contributed by atoms with Crippen molar-refractivity contribution >= 4 is 17.6 Å². The molecule has 21 heavy (non-hydrogen) atoms. The molecule has 1 amide bonds. The van der Waals surface area contributed by atoms with E-state index >= 15 is 0 Å². The minimum atomic E-state index is -0.895. The summed E-state index contributed by atoms with van der Waals surface area (Å²) in [6.45, 7) is 4.13. The molecule has 0 spiro atoms. The summed E-state index contributed by atoms with van der Waals surface area (Å²) in [6, 6.07) is 7.55. The van der Waals surface area contributed by atoms with Crippen LogP contribution < -0.4 is 5.32 Å². The standard InChI is InChI=1S/C16H23NO4/c1-16(2,11-15(19)20)10-14(18)17-13-7-5-4-6-12(13)8-9-21-3/h4-7H,8-11H2,1-3H3,(H,17,18)(H,19,20). The Morgan fingerprint density at radius 3 is 2.52 bits per heavy atom. The molecule has 0 aliphatic rings. The molecule has 0 atom stereocenters. The Balaban J connectivity index is 2.68. The molecule has 5 nitrogen and oxygen atoms in total. The summed E-state index contributed by atoms with van der Waals surface area (Å²) in [6.07, 6.45) is 0.842. The fraction of sp³-hybridized carbons (Fsp3) is 0.500. The fourth-order valence-electron chi connectivity index (χ4n) is 2.17. The number of carboxylic acids is 1. The zero-order chi connectivity index (χ0) is 15.9. The van der Waals surface area contributed by atoms with E-state index in [1.165, 1.54) is 0 Å². The zero-order valence-electron chi connectivity index (χ0n) is 12.8. The zero-order valence-corrected chi connectivity index (χ0v) is 12.8. The first-order valence-electron chi connectivity index (χ1n) is 6.92. The Labute approximate surface area is 125 Å². The van der Waals surface area contributed by atoms with E-state index in [2.05, 4.69) is 5.32 Å². The lowest BCUT2D eigenvalue weighted by molar-refractivity contribution is -0.139. The number of carbonyl (C=O) groups is 2. The summed E-state index contributed by atoms with van der Waals surface area (Å²) in [4.78, 5) is 22.9. The number of carbonyl (C=O) groups excluding carboxylic acids is 1. The van der Waals surface area contributed by atoms with Gasteiger partial charge in [-0.15, -0.1) is 0 Å². The molecule has 1 aromatic rings. The first-order chi connectivity index (χ1) is 9.84. The van der Waals surface area contributed by atoms with E-state index in [1.54, 1.807) is 21.0 Å². The average Bonchev–Trinajstić information content (AvgIpc) is 2.35. The van der Waals surface area contributed by atoms with Crippen LogP contribution in [0.4, 0.5) is 5.69 Å². The average molecular weight is 293 g/mol. The lowest BCUT2D eigenvalue weighted by Gasteiger charge is -2.22. The number of nitrogens with one attached hydrogen (secondary N) is 1. The predicted octanol–water partition coefficient (Wildman–Crippen LogP) is 2.71. The number of carboxylic acid groups (broad SMARTS) is 1. The molecule has 2 N–H and O–H groups in total. The first-order valence-corrected chi connectivity index (χ1v) is 6.92. The number of benzene rings is 1. The Bertz CT molecular complexity index is 497. The van der Waals surface area contributed by atoms with Crippen molar-refractivity contribution < 1.29 is 19.4 Å². The number of hydrogen-bond acceptors (Lipinski definition) is 3. The predicted molar refractivity (Wildman–Crippen MR) is 81.3 cm³/mol. The van der Waals surface area contributed by atoms with Gasteiger partial charge in [-0.1, -0.05) is 32.0 Å². The summed E-state index contributed by atoms with van der Waals surface area (Å²) in [5.74, 6) is -1.07. The van der Waals surface area contributed by atoms with Gasteiger partial charge in [-0.2, -0.15) is 0 Å². The fourth-order valence-corrected chi connectivity index (χ4v) is 2.17. The number of amides is 1. The largest absolute Gasteiger partial charge is 0.481 e. The molecule has 1 aromatic carbocycles. The van der Waals surface area contributed by atoms with Crippen LogP contribution in [0.15, 0.2) is 24.3 Å². The van der Waals surface area contributed by atoms with Crippen molar-refractivity contribution in [3.8, 4) is 0 Å². The maximum Gasteiger partial charge on any atom is 0.303 e. The molecule has 0 saturated heterocycles. The summed E-state index contributed by atoms with van der Waals surface area (Å²) < 4.78 is 5.05. The van der Waals surface area contributed by atoms with E-state index < -0.39 is 11.4 Å². The molecular weight excluding hydrogens is 270 g/mol. The van der Waals surface area contributed by atoms with Crippen molar-refractivity contribution in [1.82, 2.24) is 0 Å². The minimum absolute atomic E-state index is 0.0360. The van der Waals surface area contributed by atoms with E-state index in [9.17, 15) is 9.59 Å².